The Labute approximate surface area is 187 Å². The zero-order chi connectivity index (χ0) is 20.7. The molecule has 9 heteroatoms. The first kappa shape index (κ1) is 20.1. The molecule has 0 saturated heterocycles. The van der Waals surface area contributed by atoms with Gasteiger partial charge in [0.15, 0.2) is 0 Å². The Morgan fingerprint density at radius 2 is 1.70 bits per heavy atom. The molecule has 4 aliphatic rings. The number of carbonyl (C=O) groups is 2. The van der Waals surface area contributed by atoms with Crippen LogP contribution in [0.25, 0.3) is 11.5 Å². The largest absolute Gasteiger partial charge is 0.411 e. The van der Waals surface area contributed by atoms with Crippen LogP contribution in [0.5, 0.6) is 0 Å². The maximum Gasteiger partial charge on any atom is 0.321 e. The molecule has 6 rings (SSSR count). The topological polar surface area (TPSA) is 97.1 Å². The molecule has 3 amide bonds. The monoisotopic (exact) mass is 490 g/mol. The van der Waals surface area contributed by atoms with Crippen LogP contribution in [0, 0.1) is 17.8 Å². The molecule has 4 aliphatic carbocycles. The summed E-state index contributed by atoms with van der Waals surface area (Å²) in [6.07, 6.45) is 7.09. The molecular weight excluding hydrogens is 468 g/mol. The van der Waals surface area contributed by atoms with Gasteiger partial charge in [0.1, 0.15) is 0 Å². The fourth-order valence-electron chi connectivity index (χ4n) is 5.80. The quantitative estimate of drug-likeness (QED) is 0.603. The lowest BCUT2D eigenvalue weighted by Crippen LogP contribution is -2.61. The van der Waals surface area contributed by atoms with E-state index in [1.54, 1.807) is 0 Å². The number of amides is 3. The van der Waals surface area contributed by atoms with E-state index in [1.165, 1.54) is 19.3 Å². The maximum absolute atomic E-state index is 12.5. The van der Waals surface area contributed by atoms with Crippen LogP contribution in [0.15, 0.2) is 38.4 Å². The summed E-state index contributed by atoms with van der Waals surface area (Å²) in [6, 6.07) is 7.13. The van der Waals surface area contributed by atoms with E-state index in [1.807, 2.05) is 24.3 Å². The van der Waals surface area contributed by atoms with E-state index in [0.29, 0.717) is 11.1 Å². The van der Waals surface area contributed by atoms with Gasteiger partial charge in [0.25, 0.3) is 5.22 Å². The van der Waals surface area contributed by atoms with Gasteiger partial charge in [0.2, 0.25) is 11.8 Å². The van der Waals surface area contributed by atoms with Crippen molar-refractivity contribution in [3.8, 4) is 11.5 Å². The van der Waals surface area contributed by atoms with Gasteiger partial charge < -0.3 is 9.73 Å². The highest BCUT2D eigenvalue weighted by Crippen LogP contribution is 2.55. The lowest BCUT2D eigenvalue weighted by atomic mass is 9.53. The van der Waals surface area contributed by atoms with Crippen LogP contribution in [0.1, 0.15) is 38.5 Å². The number of imide groups is 1. The van der Waals surface area contributed by atoms with Gasteiger partial charge in [-0.2, -0.15) is 0 Å². The summed E-state index contributed by atoms with van der Waals surface area (Å²) in [5.74, 6) is 2.27. The molecule has 0 aliphatic heterocycles. The number of rotatable bonds is 5. The highest BCUT2D eigenvalue weighted by atomic mass is 79.9. The van der Waals surface area contributed by atoms with Crippen molar-refractivity contribution in [2.75, 3.05) is 5.75 Å². The molecule has 0 spiro atoms. The molecule has 2 aromatic rings. The fourth-order valence-corrected chi connectivity index (χ4v) is 6.63. The van der Waals surface area contributed by atoms with Crippen molar-refractivity contribution in [1.29, 1.82) is 0 Å². The van der Waals surface area contributed by atoms with Gasteiger partial charge >= 0.3 is 6.03 Å². The first-order chi connectivity index (χ1) is 14.5. The van der Waals surface area contributed by atoms with Crippen molar-refractivity contribution < 1.29 is 14.0 Å². The Bertz CT molecular complexity index is 926. The van der Waals surface area contributed by atoms with Crippen LogP contribution in [-0.4, -0.2) is 33.4 Å². The van der Waals surface area contributed by atoms with Crippen LogP contribution >= 0.6 is 27.7 Å². The predicted molar refractivity (Wildman–Crippen MR) is 116 cm³/mol. The highest BCUT2D eigenvalue weighted by molar-refractivity contribution is 9.10. The second-order valence-corrected chi connectivity index (χ2v) is 10.7. The van der Waals surface area contributed by atoms with E-state index in [0.717, 1.165) is 58.8 Å². The van der Waals surface area contributed by atoms with Crippen molar-refractivity contribution in [2.45, 2.75) is 49.3 Å². The maximum atomic E-state index is 12.5. The summed E-state index contributed by atoms with van der Waals surface area (Å²) in [5, 5.41) is 13.9. The van der Waals surface area contributed by atoms with E-state index in [-0.39, 0.29) is 23.2 Å². The minimum Gasteiger partial charge on any atom is -0.411 e. The summed E-state index contributed by atoms with van der Waals surface area (Å²) in [7, 11) is 0. The Morgan fingerprint density at radius 1 is 1.07 bits per heavy atom. The molecule has 2 N–H and O–H groups in total. The minimum atomic E-state index is -0.386. The van der Waals surface area contributed by atoms with Crippen LogP contribution in [0.3, 0.4) is 0 Å². The molecule has 7 nitrogen and oxygen atoms in total. The number of thioether (sulfide) groups is 1. The van der Waals surface area contributed by atoms with Gasteiger partial charge in [-0.1, -0.05) is 27.7 Å². The first-order valence-corrected chi connectivity index (χ1v) is 12.1. The Balaban J connectivity index is 1.12. The average Bonchev–Trinajstić information content (AvgIpc) is 3.14. The number of halogens is 1. The third kappa shape index (κ3) is 4.27. The normalized spacial score (nSPS) is 29.0. The van der Waals surface area contributed by atoms with Gasteiger partial charge in [-0.3, -0.25) is 10.1 Å². The molecule has 0 radical (unpaired) electrons. The third-order valence-corrected chi connectivity index (χ3v) is 7.84. The molecule has 4 saturated carbocycles. The number of hydrogen-bond acceptors (Lipinski definition) is 6. The number of nitrogens with one attached hydrogen (secondary N) is 2. The van der Waals surface area contributed by atoms with Gasteiger partial charge in [0.05, 0.1) is 5.75 Å². The lowest BCUT2D eigenvalue weighted by Gasteiger charge is -2.56. The second-order valence-electron chi connectivity index (χ2n) is 8.87. The molecule has 4 fully saturated rings. The highest BCUT2D eigenvalue weighted by Gasteiger charge is 2.51. The molecule has 1 heterocycles. The molecule has 0 unspecified atom stereocenters. The van der Waals surface area contributed by atoms with Crippen LogP contribution in [0.2, 0.25) is 0 Å². The third-order valence-electron chi connectivity index (χ3n) is 6.49. The van der Waals surface area contributed by atoms with E-state index in [9.17, 15) is 9.59 Å². The zero-order valence-corrected chi connectivity index (χ0v) is 18.8. The SMILES string of the molecule is O=C(CSc1nnc(-c2ccc(Br)cc2)o1)NC(=O)NC12CC3CC(CC(C3)C1)C2. The van der Waals surface area contributed by atoms with E-state index in [4.69, 9.17) is 4.42 Å². The number of benzene rings is 1. The molecule has 0 atom stereocenters. The predicted octanol–water partition coefficient (Wildman–Crippen LogP) is 4.39. The summed E-state index contributed by atoms with van der Waals surface area (Å²) >= 11 is 4.50. The van der Waals surface area contributed by atoms with Crippen molar-refractivity contribution in [1.82, 2.24) is 20.8 Å². The van der Waals surface area contributed by atoms with Crippen molar-refractivity contribution in [3.05, 3.63) is 28.7 Å². The Kier molecular flexibility index (Phi) is 5.35. The van der Waals surface area contributed by atoms with Gasteiger partial charge in [0, 0.05) is 15.6 Å². The van der Waals surface area contributed by atoms with Crippen LogP contribution < -0.4 is 10.6 Å². The second kappa shape index (κ2) is 8.00. The van der Waals surface area contributed by atoms with E-state index < -0.39 is 0 Å². The average molecular weight is 491 g/mol. The number of urea groups is 1. The smallest absolute Gasteiger partial charge is 0.321 e. The molecule has 4 bridgehead atoms. The summed E-state index contributed by atoms with van der Waals surface area (Å²) < 4.78 is 6.56. The molecule has 1 aromatic carbocycles. The standard InChI is InChI=1S/C21H23BrN4O3S/c22-16-3-1-15(2-4-16)18-25-26-20(29-18)30-11-17(27)23-19(28)24-21-8-12-5-13(9-21)7-14(6-12)10-21/h1-4,12-14H,5-11H2,(H2,23,24,27,28). The number of aromatic nitrogens is 2. The van der Waals surface area contributed by atoms with Crippen LogP contribution in [0.4, 0.5) is 4.79 Å². The lowest BCUT2D eigenvalue weighted by molar-refractivity contribution is -0.117. The molecule has 158 valence electrons. The fraction of sp³-hybridized carbons (Fsp3) is 0.524. The summed E-state index contributed by atoms with van der Waals surface area (Å²) in [5.41, 5.74) is 0.690. The zero-order valence-electron chi connectivity index (χ0n) is 16.4. The van der Waals surface area contributed by atoms with Gasteiger partial charge in [-0.05, 0) is 80.5 Å². The van der Waals surface area contributed by atoms with Gasteiger partial charge in [-0.25, -0.2) is 4.79 Å². The van der Waals surface area contributed by atoms with Gasteiger partial charge in [-0.15, -0.1) is 10.2 Å². The number of nitrogens with zero attached hydrogens (tertiary/aromatic N) is 2. The first-order valence-electron chi connectivity index (χ1n) is 10.3. The molecule has 30 heavy (non-hydrogen) atoms. The summed E-state index contributed by atoms with van der Waals surface area (Å²) in [4.78, 5) is 24.7. The number of hydrogen-bond donors (Lipinski definition) is 2. The van der Waals surface area contributed by atoms with E-state index >= 15 is 0 Å². The van der Waals surface area contributed by atoms with Crippen LogP contribution in [-0.2, 0) is 4.79 Å². The minimum absolute atomic E-state index is 0.0380. The van der Waals surface area contributed by atoms with Crippen molar-refractivity contribution in [2.24, 2.45) is 17.8 Å². The Morgan fingerprint density at radius 3 is 2.33 bits per heavy atom. The summed E-state index contributed by atoms with van der Waals surface area (Å²) in [6.45, 7) is 0. The number of carbonyl (C=O) groups excluding carboxylic acids is 2. The van der Waals surface area contributed by atoms with E-state index in [2.05, 4.69) is 36.8 Å². The Hall–Kier alpha value is -1.87. The molecule has 1 aromatic heterocycles. The van der Waals surface area contributed by atoms with Crippen molar-refractivity contribution in [3.63, 3.8) is 0 Å². The molecular formula is C21H23BrN4O3S. The van der Waals surface area contributed by atoms with Crippen molar-refractivity contribution >= 4 is 39.6 Å².